The van der Waals surface area contributed by atoms with Crippen LogP contribution in [0.15, 0.2) is 22.2 Å². The number of nitrogens with zero attached hydrogens (tertiary/aromatic N) is 1. The number of rotatable bonds is 0. The second-order valence-electron chi connectivity index (χ2n) is 1.54. The number of nitriles is 1. The minimum atomic E-state index is 0.789. The fraction of sp³-hybridized carbons (Fsp3) is 0.167. The zero-order valence-corrected chi connectivity index (χ0v) is 5.77. The van der Waals surface area contributed by atoms with Gasteiger partial charge in [-0.15, -0.1) is 0 Å². The van der Waals surface area contributed by atoms with Gasteiger partial charge in [-0.2, -0.15) is 5.26 Å². The van der Waals surface area contributed by atoms with Gasteiger partial charge in [0.05, 0.1) is 6.07 Å². The van der Waals surface area contributed by atoms with Crippen molar-refractivity contribution in [2.75, 3.05) is 0 Å². The summed E-state index contributed by atoms with van der Waals surface area (Å²) in [6.07, 6.45) is 4.65. The lowest BCUT2D eigenvalue weighted by molar-refractivity contribution is 1.32. The Labute approximate surface area is 56.4 Å². The van der Waals surface area contributed by atoms with Gasteiger partial charge >= 0.3 is 0 Å². The summed E-state index contributed by atoms with van der Waals surface area (Å²) in [6, 6.07) is 2.08. The monoisotopic (exact) mass is 169 g/mol. The van der Waals surface area contributed by atoms with Gasteiger partial charge in [0.2, 0.25) is 0 Å². The zero-order valence-electron chi connectivity index (χ0n) is 4.19. The Morgan fingerprint density at radius 1 is 1.75 bits per heavy atom. The second-order valence-corrected chi connectivity index (χ2v) is 2.40. The molecule has 0 spiro atoms. The first-order valence-corrected chi connectivity index (χ1v) is 3.09. The molecule has 0 N–H and O–H groups in total. The van der Waals surface area contributed by atoms with Crippen LogP contribution < -0.4 is 0 Å². The van der Waals surface area contributed by atoms with Crippen molar-refractivity contribution in [3.8, 4) is 6.07 Å². The van der Waals surface area contributed by atoms with E-state index in [1.807, 2.05) is 12.2 Å². The van der Waals surface area contributed by atoms with Gasteiger partial charge in [0.1, 0.15) is 0 Å². The molecule has 0 saturated carbocycles. The summed E-state index contributed by atoms with van der Waals surface area (Å²) in [4.78, 5) is 0. The van der Waals surface area contributed by atoms with Gasteiger partial charge in [0.25, 0.3) is 0 Å². The minimum Gasteiger partial charge on any atom is -0.193 e. The molecule has 8 heavy (non-hydrogen) atoms. The highest BCUT2D eigenvalue weighted by molar-refractivity contribution is 9.11. The average molecular weight is 170 g/mol. The van der Waals surface area contributed by atoms with Crippen LogP contribution in [0.5, 0.6) is 0 Å². The Morgan fingerprint density at radius 3 is 2.75 bits per heavy atom. The highest BCUT2D eigenvalue weighted by Crippen LogP contribution is 2.22. The summed E-state index contributed by atoms with van der Waals surface area (Å²) >= 11 is 3.24. The molecule has 2 heteroatoms. The molecule has 1 rings (SSSR count). The van der Waals surface area contributed by atoms with Crippen molar-refractivity contribution in [2.45, 2.75) is 6.42 Å². The van der Waals surface area contributed by atoms with E-state index in [2.05, 4.69) is 22.0 Å². The van der Waals surface area contributed by atoms with E-state index in [1.165, 1.54) is 0 Å². The molecule has 0 aromatic rings. The molecule has 0 fully saturated rings. The summed E-state index contributed by atoms with van der Waals surface area (Å²) in [5, 5.41) is 8.36. The lowest BCUT2D eigenvalue weighted by Crippen LogP contribution is -1.68. The maximum atomic E-state index is 8.36. The van der Waals surface area contributed by atoms with Gasteiger partial charge in [0.15, 0.2) is 0 Å². The van der Waals surface area contributed by atoms with Crippen LogP contribution >= 0.6 is 15.9 Å². The summed E-state index contributed by atoms with van der Waals surface area (Å²) in [6.45, 7) is 0. The van der Waals surface area contributed by atoms with Gasteiger partial charge in [-0.3, -0.25) is 0 Å². The van der Waals surface area contributed by atoms with Crippen LogP contribution in [0.4, 0.5) is 0 Å². The molecule has 0 heterocycles. The Kier molecular flexibility index (Phi) is 1.50. The van der Waals surface area contributed by atoms with Crippen LogP contribution in [0, 0.1) is 11.3 Å². The predicted molar refractivity (Wildman–Crippen MR) is 35.3 cm³/mol. The molecule has 0 atom stereocenters. The molecule has 0 amide bonds. The standard InChI is InChI=1S/C6H4BrN/c7-6-3-1-2-5(6)4-8/h1,3H,2H2. The van der Waals surface area contributed by atoms with Crippen LogP contribution in [-0.4, -0.2) is 0 Å². The van der Waals surface area contributed by atoms with Gasteiger partial charge in [-0.05, 0) is 15.9 Å². The van der Waals surface area contributed by atoms with Crippen molar-refractivity contribution >= 4 is 15.9 Å². The molecule has 0 unspecified atom stereocenters. The van der Waals surface area contributed by atoms with E-state index in [4.69, 9.17) is 5.26 Å². The summed E-state index contributed by atoms with van der Waals surface area (Å²) < 4.78 is 0.931. The van der Waals surface area contributed by atoms with Crippen molar-refractivity contribution in [1.29, 1.82) is 5.26 Å². The lowest BCUT2D eigenvalue weighted by Gasteiger charge is -1.82. The molecule has 1 aliphatic carbocycles. The normalized spacial score (nSPS) is 17.0. The molecule has 0 aromatic carbocycles. The summed E-state index contributed by atoms with van der Waals surface area (Å²) in [7, 11) is 0. The van der Waals surface area contributed by atoms with Crippen LogP contribution in [-0.2, 0) is 0 Å². The van der Waals surface area contributed by atoms with Crippen molar-refractivity contribution < 1.29 is 0 Å². The number of halogens is 1. The Bertz CT molecular complexity index is 195. The van der Waals surface area contributed by atoms with E-state index in [1.54, 1.807) is 0 Å². The third-order valence-corrected chi connectivity index (χ3v) is 1.75. The molecule has 0 bridgehead atoms. The van der Waals surface area contributed by atoms with Crippen LogP contribution in [0.2, 0.25) is 0 Å². The van der Waals surface area contributed by atoms with Gasteiger partial charge in [-0.1, -0.05) is 12.2 Å². The van der Waals surface area contributed by atoms with Crippen LogP contribution in [0.1, 0.15) is 6.42 Å². The maximum absolute atomic E-state index is 8.36. The van der Waals surface area contributed by atoms with E-state index < -0.39 is 0 Å². The maximum Gasteiger partial charge on any atom is 0.0962 e. The fourth-order valence-electron chi connectivity index (χ4n) is 0.577. The molecule has 40 valence electrons. The smallest absolute Gasteiger partial charge is 0.0962 e. The Morgan fingerprint density at radius 2 is 2.50 bits per heavy atom. The van der Waals surface area contributed by atoms with Crippen molar-refractivity contribution in [3.05, 3.63) is 22.2 Å². The van der Waals surface area contributed by atoms with E-state index in [-0.39, 0.29) is 0 Å². The van der Waals surface area contributed by atoms with E-state index in [0.29, 0.717) is 0 Å². The molecule has 0 radical (unpaired) electrons. The molecular weight excluding hydrogens is 166 g/mol. The van der Waals surface area contributed by atoms with Crippen molar-refractivity contribution in [2.24, 2.45) is 0 Å². The van der Waals surface area contributed by atoms with Gasteiger partial charge < -0.3 is 0 Å². The first kappa shape index (κ1) is 5.58. The first-order valence-electron chi connectivity index (χ1n) is 2.30. The van der Waals surface area contributed by atoms with Crippen molar-refractivity contribution in [3.63, 3.8) is 0 Å². The second kappa shape index (κ2) is 2.15. The summed E-state index contributed by atoms with van der Waals surface area (Å²) in [5.74, 6) is 0. The molecule has 0 saturated heterocycles. The Balaban J connectivity index is 2.88. The summed E-state index contributed by atoms with van der Waals surface area (Å²) in [5.41, 5.74) is 0.824. The molecular formula is C6H4BrN. The third kappa shape index (κ3) is 0.823. The average Bonchev–Trinajstić information content (AvgIpc) is 2.14. The quantitative estimate of drug-likeness (QED) is 0.546. The van der Waals surface area contributed by atoms with Gasteiger partial charge in [0, 0.05) is 16.5 Å². The molecule has 0 aromatic heterocycles. The number of hydrogen-bond acceptors (Lipinski definition) is 1. The third-order valence-electron chi connectivity index (χ3n) is 1.01. The van der Waals surface area contributed by atoms with Crippen LogP contribution in [0.25, 0.3) is 0 Å². The SMILES string of the molecule is N#CC1=C(Br)C=CC1. The van der Waals surface area contributed by atoms with Gasteiger partial charge in [-0.25, -0.2) is 0 Å². The highest BCUT2D eigenvalue weighted by atomic mass is 79.9. The zero-order chi connectivity index (χ0) is 5.98. The molecule has 1 nitrogen and oxygen atoms in total. The largest absolute Gasteiger partial charge is 0.193 e. The number of allylic oxidation sites excluding steroid dienone is 4. The topological polar surface area (TPSA) is 23.8 Å². The number of hydrogen-bond donors (Lipinski definition) is 0. The Hall–Kier alpha value is -0.550. The highest BCUT2D eigenvalue weighted by Gasteiger charge is 2.03. The predicted octanol–water partition coefficient (Wildman–Crippen LogP) is 2.12. The first-order chi connectivity index (χ1) is 3.84. The minimum absolute atomic E-state index is 0.789. The van der Waals surface area contributed by atoms with E-state index in [9.17, 15) is 0 Å². The lowest BCUT2D eigenvalue weighted by atomic mass is 10.3. The molecule has 0 aliphatic heterocycles. The fourth-order valence-corrected chi connectivity index (χ4v) is 1.01. The van der Waals surface area contributed by atoms with E-state index in [0.717, 1.165) is 16.5 Å². The van der Waals surface area contributed by atoms with Crippen molar-refractivity contribution in [1.82, 2.24) is 0 Å². The van der Waals surface area contributed by atoms with E-state index >= 15 is 0 Å². The van der Waals surface area contributed by atoms with Crippen LogP contribution in [0.3, 0.4) is 0 Å². The molecule has 1 aliphatic rings.